The van der Waals surface area contributed by atoms with E-state index in [0.29, 0.717) is 18.7 Å². The molecular weight excluding hydrogens is 271 g/mol. The average molecular weight is 287 g/mol. The summed E-state index contributed by atoms with van der Waals surface area (Å²) in [5.74, 6) is -0.213. The van der Waals surface area contributed by atoms with Gasteiger partial charge in [-0.25, -0.2) is 0 Å². The van der Waals surface area contributed by atoms with Gasteiger partial charge < -0.3 is 16.0 Å². The van der Waals surface area contributed by atoms with Gasteiger partial charge in [0.2, 0.25) is 5.91 Å². The van der Waals surface area contributed by atoms with Crippen LogP contribution in [0.4, 0.5) is 13.2 Å². The Kier molecular flexibility index (Phi) is 4.61. The average Bonchev–Trinajstić information content (AvgIpc) is 2.45. The number of hydrogen-bond acceptors (Lipinski definition) is 3. The number of alkyl halides is 3. The zero-order valence-electron chi connectivity index (χ0n) is 10.8. The van der Waals surface area contributed by atoms with Gasteiger partial charge in [0.1, 0.15) is 0 Å². The lowest BCUT2D eigenvalue weighted by atomic mass is 10.1. The van der Waals surface area contributed by atoms with Crippen LogP contribution >= 0.6 is 0 Å². The van der Waals surface area contributed by atoms with Crippen molar-refractivity contribution in [3.63, 3.8) is 0 Å². The van der Waals surface area contributed by atoms with Crippen molar-refractivity contribution in [2.24, 2.45) is 0 Å². The van der Waals surface area contributed by atoms with Crippen molar-refractivity contribution < 1.29 is 18.0 Å². The van der Waals surface area contributed by atoms with Crippen molar-refractivity contribution in [3.05, 3.63) is 35.4 Å². The second-order valence-electron chi connectivity index (χ2n) is 4.63. The summed E-state index contributed by atoms with van der Waals surface area (Å²) in [6.07, 6.45) is -4.37. The summed E-state index contributed by atoms with van der Waals surface area (Å²) in [6.45, 7) is 2.11. The van der Waals surface area contributed by atoms with Gasteiger partial charge in [0.05, 0.1) is 11.6 Å². The molecule has 1 aromatic rings. The van der Waals surface area contributed by atoms with Crippen molar-refractivity contribution in [1.82, 2.24) is 16.0 Å². The zero-order valence-corrected chi connectivity index (χ0v) is 10.8. The van der Waals surface area contributed by atoms with E-state index in [1.165, 1.54) is 6.07 Å². The lowest BCUT2D eigenvalue weighted by molar-refractivity contribution is -0.137. The predicted octanol–water partition coefficient (Wildman–Crippen LogP) is 0.883. The molecule has 0 radical (unpaired) electrons. The highest BCUT2D eigenvalue weighted by atomic mass is 19.4. The monoisotopic (exact) mass is 287 g/mol. The number of piperazine rings is 1. The van der Waals surface area contributed by atoms with E-state index < -0.39 is 11.7 Å². The van der Waals surface area contributed by atoms with Crippen molar-refractivity contribution in [1.29, 1.82) is 0 Å². The number of carbonyl (C=O) groups excluding carboxylic acids is 1. The molecule has 0 aliphatic carbocycles. The first-order valence-electron chi connectivity index (χ1n) is 6.35. The van der Waals surface area contributed by atoms with Crippen LogP contribution in [0.2, 0.25) is 0 Å². The van der Waals surface area contributed by atoms with E-state index in [1.54, 1.807) is 6.07 Å². The summed E-state index contributed by atoms with van der Waals surface area (Å²) in [5.41, 5.74) is -0.279. The third-order valence-corrected chi connectivity index (χ3v) is 3.08. The summed E-state index contributed by atoms with van der Waals surface area (Å²) >= 11 is 0. The van der Waals surface area contributed by atoms with Crippen molar-refractivity contribution in [3.8, 4) is 0 Å². The Balaban J connectivity index is 1.92. The minimum Gasteiger partial charge on any atom is -0.351 e. The highest BCUT2D eigenvalue weighted by molar-refractivity contribution is 5.82. The highest BCUT2D eigenvalue weighted by Gasteiger charge is 2.30. The molecule has 0 spiro atoms. The fraction of sp³-hybridized carbons (Fsp3) is 0.462. The molecule has 1 aliphatic heterocycles. The zero-order chi connectivity index (χ0) is 14.6. The quantitative estimate of drug-likeness (QED) is 0.773. The number of rotatable bonds is 3. The fourth-order valence-corrected chi connectivity index (χ4v) is 2.01. The molecule has 1 fully saturated rings. The van der Waals surface area contributed by atoms with Crippen LogP contribution in [0.25, 0.3) is 0 Å². The Morgan fingerprint density at radius 2 is 2.15 bits per heavy atom. The van der Waals surface area contributed by atoms with Crippen molar-refractivity contribution in [2.75, 3.05) is 19.6 Å². The van der Waals surface area contributed by atoms with E-state index in [0.717, 1.165) is 18.7 Å². The Hall–Kier alpha value is -1.60. The molecule has 1 aliphatic rings. The van der Waals surface area contributed by atoms with Crippen LogP contribution in [0.1, 0.15) is 11.1 Å². The summed E-state index contributed by atoms with van der Waals surface area (Å²) in [7, 11) is 0. The van der Waals surface area contributed by atoms with Gasteiger partial charge in [0, 0.05) is 26.2 Å². The minimum atomic E-state index is -4.37. The minimum absolute atomic E-state index is 0.0843. The lowest BCUT2D eigenvalue weighted by Gasteiger charge is -2.23. The van der Waals surface area contributed by atoms with Crippen LogP contribution < -0.4 is 16.0 Å². The van der Waals surface area contributed by atoms with Gasteiger partial charge in [0.25, 0.3) is 0 Å². The number of nitrogens with one attached hydrogen (secondary N) is 3. The van der Waals surface area contributed by atoms with Gasteiger partial charge in [-0.2, -0.15) is 13.2 Å². The summed E-state index contributed by atoms with van der Waals surface area (Å²) in [5, 5.41) is 8.75. The first kappa shape index (κ1) is 14.8. The lowest BCUT2D eigenvalue weighted by Crippen LogP contribution is -2.55. The molecule has 1 aromatic carbocycles. The molecule has 7 heteroatoms. The Morgan fingerprint density at radius 3 is 2.80 bits per heavy atom. The maximum absolute atomic E-state index is 12.6. The number of halogens is 3. The standard InChI is InChI=1S/C13H16F3N3O/c14-13(15,16)10-3-1-2-9(6-10)7-19-12(20)11-8-17-4-5-18-11/h1-3,6,11,17-18H,4-5,7-8H2,(H,19,20). The largest absolute Gasteiger partial charge is 0.416 e. The van der Waals surface area contributed by atoms with Crippen LogP contribution in [0.5, 0.6) is 0 Å². The molecular formula is C13H16F3N3O. The summed E-state index contributed by atoms with van der Waals surface area (Å²) < 4.78 is 37.7. The van der Waals surface area contributed by atoms with Gasteiger partial charge in [-0.1, -0.05) is 12.1 Å². The topological polar surface area (TPSA) is 53.2 Å². The van der Waals surface area contributed by atoms with E-state index in [2.05, 4.69) is 16.0 Å². The van der Waals surface area contributed by atoms with E-state index in [4.69, 9.17) is 0 Å². The van der Waals surface area contributed by atoms with Gasteiger partial charge in [0.15, 0.2) is 0 Å². The predicted molar refractivity (Wildman–Crippen MR) is 68.0 cm³/mol. The molecule has 2 rings (SSSR count). The van der Waals surface area contributed by atoms with Crippen LogP contribution in [0, 0.1) is 0 Å². The van der Waals surface area contributed by atoms with Crippen LogP contribution in [-0.4, -0.2) is 31.6 Å². The molecule has 0 saturated carbocycles. The van der Waals surface area contributed by atoms with Crippen LogP contribution in [0.15, 0.2) is 24.3 Å². The normalized spacial score (nSPS) is 19.6. The third kappa shape index (κ3) is 3.94. The van der Waals surface area contributed by atoms with Gasteiger partial charge >= 0.3 is 6.18 Å². The maximum atomic E-state index is 12.6. The molecule has 1 atom stereocenters. The molecule has 3 N–H and O–H groups in total. The van der Waals surface area contributed by atoms with Crippen molar-refractivity contribution in [2.45, 2.75) is 18.8 Å². The molecule has 1 unspecified atom stereocenters. The van der Waals surface area contributed by atoms with Crippen LogP contribution in [-0.2, 0) is 17.5 Å². The molecule has 20 heavy (non-hydrogen) atoms. The van der Waals surface area contributed by atoms with Gasteiger partial charge in [-0.3, -0.25) is 4.79 Å². The third-order valence-electron chi connectivity index (χ3n) is 3.08. The number of carbonyl (C=O) groups is 1. The fourth-order valence-electron chi connectivity index (χ4n) is 2.01. The maximum Gasteiger partial charge on any atom is 0.416 e. The van der Waals surface area contributed by atoms with Crippen LogP contribution in [0.3, 0.4) is 0 Å². The number of amides is 1. The number of hydrogen-bond donors (Lipinski definition) is 3. The van der Waals surface area contributed by atoms with Gasteiger partial charge in [-0.05, 0) is 17.7 Å². The molecule has 0 aromatic heterocycles. The summed E-state index contributed by atoms with van der Waals surface area (Å²) in [6, 6.07) is 4.62. The molecule has 1 saturated heterocycles. The van der Waals surface area contributed by atoms with E-state index >= 15 is 0 Å². The Morgan fingerprint density at radius 1 is 1.35 bits per heavy atom. The smallest absolute Gasteiger partial charge is 0.351 e. The molecule has 1 heterocycles. The van der Waals surface area contributed by atoms with E-state index in [1.807, 2.05) is 0 Å². The second-order valence-corrected chi connectivity index (χ2v) is 4.63. The van der Waals surface area contributed by atoms with E-state index in [-0.39, 0.29) is 18.5 Å². The Bertz CT molecular complexity index is 470. The van der Waals surface area contributed by atoms with Crippen molar-refractivity contribution >= 4 is 5.91 Å². The molecule has 110 valence electrons. The Labute approximate surface area is 114 Å². The first-order valence-corrected chi connectivity index (χ1v) is 6.35. The van der Waals surface area contributed by atoms with Gasteiger partial charge in [-0.15, -0.1) is 0 Å². The molecule has 4 nitrogen and oxygen atoms in total. The SMILES string of the molecule is O=C(NCc1cccc(C(F)(F)F)c1)C1CNCCN1. The first-order chi connectivity index (χ1) is 9.47. The summed E-state index contributed by atoms with van der Waals surface area (Å²) in [4.78, 5) is 11.8. The second kappa shape index (κ2) is 6.23. The molecule has 0 bridgehead atoms. The highest BCUT2D eigenvalue weighted by Crippen LogP contribution is 2.29. The number of benzene rings is 1. The molecule has 1 amide bonds. The van der Waals surface area contributed by atoms with E-state index in [9.17, 15) is 18.0 Å².